The van der Waals surface area contributed by atoms with Crippen molar-refractivity contribution in [3.05, 3.63) is 56.5 Å². The lowest BCUT2D eigenvalue weighted by Gasteiger charge is -2.45. The number of likely N-dealkylation sites (N-methyl/N-ethyl adjacent to an activating group) is 2. The molecule has 3 rings (SSSR count). The summed E-state index contributed by atoms with van der Waals surface area (Å²) in [6, 6.07) is 4.14. The summed E-state index contributed by atoms with van der Waals surface area (Å²) in [7, 11) is 1.97. The van der Waals surface area contributed by atoms with E-state index in [9.17, 15) is 22.8 Å². The van der Waals surface area contributed by atoms with Crippen molar-refractivity contribution in [2.75, 3.05) is 36.5 Å². The maximum atomic E-state index is 13.9. The van der Waals surface area contributed by atoms with E-state index < -0.39 is 11.7 Å². The summed E-state index contributed by atoms with van der Waals surface area (Å²) in [5, 5.41) is 0. The Kier molecular flexibility index (Phi) is 7.75. The first-order chi connectivity index (χ1) is 16.0. The van der Waals surface area contributed by atoms with E-state index in [4.69, 9.17) is 0 Å². The monoisotopic (exact) mass is 478 g/mol. The van der Waals surface area contributed by atoms with E-state index in [1.165, 1.54) is 11.0 Å². The minimum atomic E-state index is -4.57. The summed E-state index contributed by atoms with van der Waals surface area (Å²) >= 11 is 0. The Labute approximate surface area is 198 Å². The number of pyridine rings is 1. The van der Waals surface area contributed by atoms with Crippen molar-refractivity contribution < 1.29 is 18.0 Å². The number of aromatic amines is 1. The zero-order valence-corrected chi connectivity index (χ0v) is 20.4. The van der Waals surface area contributed by atoms with Gasteiger partial charge in [-0.3, -0.25) is 9.59 Å². The van der Waals surface area contributed by atoms with Gasteiger partial charge in [-0.1, -0.05) is 13.3 Å². The van der Waals surface area contributed by atoms with Gasteiger partial charge in [0.2, 0.25) is 6.41 Å². The van der Waals surface area contributed by atoms with Gasteiger partial charge in [0.15, 0.2) is 0 Å². The van der Waals surface area contributed by atoms with Gasteiger partial charge in [-0.15, -0.1) is 0 Å². The average molecular weight is 479 g/mol. The Balaban J connectivity index is 2.12. The number of hydrogen-bond acceptors (Lipinski definition) is 4. The molecule has 1 aromatic heterocycles. The van der Waals surface area contributed by atoms with E-state index in [1.54, 1.807) is 13.8 Å². The van der Waals surface area contributed by atoms with Gasteiger partial charge < -0.3 is 19.7 Å². The summed E-state index contributed by atoms with van der Waals surface area (Å²) in [5.74, 6) is 0. The van der Waals surface area contributed by atoms with Crippen LogP contribution in [0.5, 0.6) is 0 Å². The Morgan fingerprint density at radius 3 is 2.32 bits per heavy atom. The van der Waals surface area contributed by atoms with Crippen molar-refractivity contribution in [3.8, 4) is 0 Å². The minimum Gasteiger partial charge on any atom is -0.366 e. The lowest BCUT2D eigenvalue weighted by Crippen LogP contribution is -2.58. The number of halogens is 3. The molecule has 1 aliphatic rings. The number of aryl methyl sites for hydroxylation is 2. The number of alkyl halides is 3. The molecule has 1 aromatic carbocycles. The third-order valence-electron chi connectivity index (χ3n) is 6.46. The molecule has 2 heterocycles. The number of amides is 1. The highest BCUT2D eigenvalue weighted by Crippen LogP contribution is 2.40. The predicted octanol–water partition coefficient (Wildman–Crippen LogP) is 4.27. The quantitative estimate of drug-likeness (QED) is 0.547. The van der Waals surface area contributed by atoms with Crippen LogP contribution in [0.4, 0.5) is 24.5 Å². The molecule has 2 aromatic rings. The minimum absolute atomic E-state index is 0.103. The van der Waals surface area contributed by atoms with Crippen molar-refractivity contribution in [1.82, 2.24) is 9.88 Å². The Morgan fingerprint density at radius 1 is 1.15 bits per heavy atom. The molecule has 1 fully saturated rings. The Bertz CT molecular complexity index is 1090. The van der Waals surface area contributed by atoms with Gasteiger partial charge in [0, 0.05) is 42.3 Å². The average Bonchev–Trinajstić information content (AvgIpc) is 2.73. The fraction of sp³-hybridized carbons (Fsp3) is 0.520. The van der Waals surface area contributed by atoms with Gasteiger partial charge in [-0.05, 0) is 63.6 Å². The number of carbonyl (C=O) groups excluding carboxylic acids is 1. The largest absolute Gasteiger partial charge is 0.416 e. The Hall–Kier alpha value is -2.81. The van der Waals surface area contributed by atoms with E-state index in [0.717, 1.165) is 31.1 Å². The number of likely N-dealkylation sites (tertiary alicyclic amines) is 1. The van der Waals surface area contributed by atoms with Gasteiger partial charge in [0.25, 0.3) is 5.56 Å². The van der Waals surface area contributed by atoms with Crippen LogP contribution in [-0.2, 0) is 23.9 Å². The zero-order valence-electron chi connectivity index (χ0n) is 20.4. The molecule has 6 nitrogen and oxygen atoms in total. The van der Waals surface area contributed by atoms with Crippen LogP contribution in [0, 0.1) is 13.8 Å². The summed E-state index contributed by atoms with van der Waals surface area (Å²) in [4.78, 5) is 32.9. The van der Waals surface area contributed by atoms with Gasteiger partial charge in [0.05, 0.1) is 18.2 Å². The van der Waals surface area contributed by atoms with Crippen molar-refractivity contribution >= 4 is 17.8 Å². The van der Waals surface area contributed by atoms with Gasteiger partial charge in [-0.2, -0.15) is 13.2 Å². The zero-order chi connectivity index (χ0) is 25.2. The SMILES string of the molecule is CCCc1cc(C)[nH]c(=O)c1CN(C=O)c1cc(C(F)(F)F)cc(N(CC)C2CN(C)C2)c1C. The summed E-state index contributed by atoms with van der Waals surface area (Å²) < 4.78 is 41.7. The van der Waals surface area contributed by atoms with Crippen LogP contribution in [0.15, 0.2) is 23.0 Å². The smallest absolute Gasteiger partial charge is 0.366 e. The Morgan fingerprint density at radius 2 is 1.79 bits per heavy atom. The van der Waals surface area contributed by atoms with Crippen LogP contribution in [0.3, 0.4) is 0 Å². The first-order valence-electron chi connectivity index (χ1n) is 11.6. The molecule has 0 spiro atoms. The molecule has 1 saturated heterocycles. The molecular weight excluding hydrogens is 445 g/mol. The lowest BCUT2D eigenvalue weighted by atomic mass is 10.00. The van der Waals surface area contributed by atoms with Crippen molar-refractivity contribution in [2.24, 2.45) is 0 Å². The fourth-order valence-electron chi connectivity index (χ4n) is 4.73. The topological polar surface area (TPSA) is 59.7 Å². The van der Waals surface area contributed by atoms with Gasteiger partial charge in [0.1, 0.15) is 0 Å². The molecule has 1 aliphatic heterocycles. The van der Waals surface area contributed by atoms with E-state index in [-0.39, 0.29) is 23.8 Å². The number of carbonyl (C=O) groups is 1. The van der Waals surface area contributed by atoms with Crippen molar-refractivity contribution in [1.29, 1.82) is 0 Å². The number of anilines is 2. The number of benzene rings is 1. The van der Waals surface area contributed by atoms with Crippen LogP contribution in [-0.4, -0.2) is 49.0 Å². The van der Waals surface area contributed by atoms with Crippen LogP contribution in [0.1, 0.15) is 48.2 Å². The molecule has 0 bridgehead atoms. The van der Waals surface area contributed by atoms with Gasteiger partial charge in [-0.25, -0.2) is 0 Å². The second kappa shape index (κ2) is 10.2. The standard InChI is InChI=1S/C25H33F3N4O2/c1-6-8-18-9-16(3)29-24(34)21(18)14-31(15-33)22-10-19(25(26,27)28)11-23(17(22)4)32(7-2)20-12-30(5)13-20/h9-11,15,20H,6-8,12-14H2,1-5H3,(H,29,34). The number of nitrogens with zero attached hydrogens (tertiary/aromatic N) is 3. The predicted molar refractivity (Wildman–Crippen MR) is 129 cm³/mol. The molecule has 0 radical (unpaired) electrons. The second-order valence-electron chi connectivity index (χ2n) is 9.07. The second-order valence-corrected chi connectivity index (χ2v) is 9.07. The molecule has 0 aliphatic carbocycles. The molecule has 0 saturated carbocycles. The first kappa shape index (κ1) is 25.8. The third-order valence-corrected chi connectivity index (χ3v) is 6.46. The maximum Gasteiger partial charge on any atom is 0.416 e. The number of aromatic nitrogens is 1. The summed E-state index contributed by atoms with van der Waals surface area (Å²) in [6.45, 7) is 9.37. The van der Waals surface area contributed by atoms with Crippen molar-refractivity contribution in [2.45, 2.75) is 59.3 Å². The molecule has 186 valence electrons. The first-order valence-corrected chi connectivity index (χ1v) is 11.6. The highest BCUT2D eigenvalue weighted by atomic mass is 19.4. The molecule has 0 unspecified atom stereocenters. The third kappa shape index (κ3) is 5.29. The molecular formula is C25H33F3N4O2. The maximum absolute atomic E-state index is 13.9. The summed E-state index contributed by atoms with van der Waals surface area (Å²) in [5.41, 5.74) is 1.96. The highest BCUT2D eigenvalue weighted by Gasteiger charge is 2.35. The van der Waals surface area contributed by atoms with Crippen LogP contribution in [0.25, 0.3) is 0 Å². The highest BCUT2D eigenvalue weighted by molar-refractivity contribution is 5.81. The molecule has 1 N–H and O–H groups in total. The van der Waals surface area contributed by atoms with Gasteiger partial charge >= 0.3 is 6.18 Å². The van der Waals surface area contributed by atoms with Crippen LogP contribution < -0.4 is 15.4 Å². The fourth-order valence-corrected chi connectivity index (χ4v) is 4.73. The number of nitrogens with one attached hydrogen (secondary N) is 1. The van der Waals surface area contributed by atoms with E-state index in [1.807, 2.05) is 31.9 Å². The lowest BCUT2D eigenvalue weighted by molar-refractivity contribution is -0.137. The number of H-pyrrole nitrogens is 1. The number of hydrogen-bond donors (Lipinski definition) is 1. The molecule has 9 heteroatoms. The molecule has 1 amide bonds. The molecule has 0 atom stereocenters. The van der Waals surface area contributed by atoms with Crippen LogP contribution >= 0.6 is 0 Å². The van der Waals surface area contributed by atoms with E-state index >= 15 is 0 Å². The molecule has 34 heavy (non-hydrogen) atoms. The van der Waals surface area contributed by atoms with E-state index in [0.29, 0.717) is 41.9 Å². The normalized spacial score (nSPS) is 14.7. The number of rotatable bonds is 9. The van der Waals surface area contributed by atoms with Crippen molar-refractivity contribution in [3.63, 3.8) is 0 Å². The summed E-state index contributed by atoms with van der Waals surface area (Å²) in [6.07, 6.45) is -2.63. The van der Waals surface area contributed by atoms with E-state index in [2.05, 4.69) is 9.88 Å². The van der Waals surface area contributed by atoms with Crippen LogP contribution in [0.2, 0.25) is 0 Å².